The fourth-order valence-electron chi connectivity index (χ4n) is 2.46. The number of hydrogen-bond acceptors (Lipinski definition) is 4. The Balaban J connectivity index is 2.10. The first kappa shape index (κ1) is 14.3. The molecule has 0 amide bonds. The molecule has 2 rings (SSSR count). The summed E-state index contributed by atoms with van der Waals surface area (Å²) in [5.74, 6) is 2.54. The monoisotopic (exact) mass is 282 g/mol. The van der Waals surface area contributed by atoms with Gasteiger partial charge >= 0.3 is 0 Å². The van der Waals surface area contributed by atoms with Crippen LogP contribution < -0.4 is 5.73 Å². The molecule has 1 heterocycles. The molecule has 0 saturated carbocycles. The topological polar surface area (TPSA) is 29.3 Å². The molecule has 18 heavy (non-hydrogen) atoms. The van der Waals surface area contributed by atoms with Gasteiger partial charge in [0.25, 0.3) is 0 Å². The van der Waals surface area contributed by atoms with Gasteiger partial charge in [-0.3, -0.25) is 4.90 Å². The van der Waals surface area contributed by atoms with Crippen LogP contribution in [-0.2, 0) is 0 Å². The van der Waals surface area contributed by atoms with Crippen molar-refractivity contribution in [2.45, 2.75) is 23.4 Å². The summed E-state index contributed by atoms with van der Waals surface area (Å²) in [6.45, 7) is 0.691. The van der Waals surface area contributed by atoms with Crippen LogP contribution in [0.15, 0.2) is 29.2 Å². The van der Waals surface area contributed by atoms with Gasteiger partial charge in [-0.15, -0.1) is 11.8 Å². The van der Waals surface area contributed by atoms with Crippen LogP contribution in [0.2, 0.25) is 0 Å². The van der Waals surface area contributed by atoms with Gasteiger partial charge in [0.1, 0.15) is 0 Å². The van der Waals surface area contributed by atoms with Gasteiger partial charge in [-0.2, -0.15) is 11.8 Å². The minimum atomic E-state index is 0.351. The van der Waals surface area contributed by atoms with Crippen LogP contribution in [0.25, 0.3) is 0 Å². The van der Waals surface area contributed by atoms with Gasteiger partial charge in [0, 0.05) is 29.3 Å². The van der Waals surface area contributed by atoms with Crippen molar-refractivity contribution < 1.29 is 0 Å². The van der Waals surface area contributed by atoms with Crippen LogP contribution in [0.3, 0.4) is 0 Å². The van der Waals surface area contributed by atoms with E-state index in [9.17, 15) is 0 Å². The van der Waals surface area contributed by atoms with Crippen molar-refractivity contribution in [3.8, 4) is 0 Å². The summed E-state index contributed by atoms with van der Waals surface area (Å²) in [6, 6.07) is 9.87. The highest BCUT2D eigenvalue weighted by molar-refractivity contribution is 7.99. The van der Waals surface area contributed by atoms with Gasteiger partial charge in [0.15, 0.2) is 0 Å². The summed E-state index contributed by atoms with van der Waals surface area (Å²) < 4.78 is 0. The second-order valence-electron chi connectivity index (χ2n) is 4.71. The van der Waals surface area contributed by atoms with E-state index < -0.39 is 0 Å². The largest absolute Gasteiger partial charge is 0.329 e. The SMILES string of the molecule is CSc1ccc(C(CN)N(C)C2CCSC2)cc1. The Kier molecular flexibility index (Phi) is 5.42. The minimum absolute atomic E-state index is 0.351. The molecule has 2 unspecified atom stereocenters. The lowest BCUT2D eigenvalue weighted by Gasteiger charge is -2.32. The second kappa shape index (κ2) is 6.85. The highest BCUT2D eigenvalue weighted by Crippen LogP contribution is 2.29. The first-order chi connectivity index (χ1) is 8.76. The quantitative estimate of drug-likeness (QED) is 0.841. The van der Waals surface area contributed by atoms with Crippen LogP contribution in [0.1, 0.15) is 18.0 Å². The van der Waals surface area contributed by atoms with E-state index in [1.54, 1.807) is 11.8 Å². The highest BCUT2D eigenvalue weighted by atomic mass is 32.2. The van der Waals surface area contributed by atoms with Crippen LogP contribution >= 0.6 is 23.5 Å². The number of benzene rings is 1. The molecule has 2 nitrogen and oxygen atoms in total. The van der Waals surface area contributed by atoms with E-state index in [4.69, 9.17) is 5.73 Å². The number of thioether (sulfide) groups is 2. The third-order valence-corrected chi connectivity index (χ3v) is 5.59. The Morgan fingerprint density at radius 2 is 2.17 bits per heavy atom. The molecular formula is C14H22N2S2. The molecule has 0 spiro atoms. The third-order valence-electron chi connectivity index (χ3n) is 3.70. The Labute approximate surface area is 119 Å². The number of likely N-dealkylation sites (N-methyl/N-ethyl adjacent to an activating group) is 1. The molecule has 1 aliphatic heterocycles. The number of nitrogens with two attached hydrogens (primary N) is 1. The van der Waals surface area contributed by atoms with Crippen LogP contribution in [0, 0.1) is 0 Å². The summed E-state index contributed by atoms with van der Waals surface area (Å²) >= 11 is 3.84. The standard InChI is InChI=1S/C14H22N2S2/c1-16(12-7-8-18-10-12)14(9-15)11-3-5-13(17-2)6-4-11/h3-6,12,14H,7-10,15H2,1-2H3. The summed E-state index contributed by atoms with van der Waals surface area (Å²) in [6.07, 6.45) is 3.40. The minimum Gasteiger partial charge on any atom is -0.329 e. The molecule has 0 aromatic heterocycles. The zero-order valence-electron chi connectivity index (χ0n) is 11.1. The van der Waals surface area contributed by atoms with Crippen molar-refractivity contribution in [2.75, 3.05) is 31.4 Å². The number of hydrogen-bond donors (Lipinski definition) is 1. The lowest BCUT2D eigenvalue weighted by atomic mass is 10.0. The van der Waals surface area contributed by atoms with Crippen molar-refractivity contribution >= 4 is 23.5 Å². The van der Waals surface area contributed by atoms with E-state index in [-0.39, 0.29) is 0 Å². The van der Waals surface area contributed by atoms with E-state index in [0.29, 0.717) is 18.6 Å². The predicted molar refractivity (Wildman–Crippen MR) is 83.5 cm³/mol. The third kappa shape index (κ3) is 3.23. The lowest BCUT2D eigenvalue weighted by molar-refractivity contribution is 0.193. The maximum absolute atomic E-state index is 5.99. The first-order valence-electron chi connectivity index (χ1n) is 6.40. The molecule has 0 bridgehead atoms. The van der Waals surface area contributed by atoms with E-state index in [1.807, 2.05) is 0 Å². The van der Waals surface area contributed by atoms with E-state index >= 15 is 0 Å². The Hall–Kier alpha value is -0.160. The normalized spacial score (nSPS) is 21.4. The van der Waals surface area contributed by atoms with E-state index in [2.05, 4.69) is 54.2 Å². The predicted octanol–water partition coefficient (Wildman–Crippen LogP) is 2.85. The average Bonchev–Trinajstić information content (AvgIpc) is 2.94. The van der Waals surface area contributed by atoms with Gasteiger partial charge in [0.2, 0.25) is 0 Å². The van der Waals surface area contributed by atoms with Crippen LogP contribution in [0.4, 0.5) is 0 Å². The molecule has 1 fully saturated rings. The molecule has 1 aromatic rings. The van der Waals surface area contributed by atoms with Gasteiger partial charge in [-0.25, -0.2) is 0 Å². The van der Waals surface area contributed by atoms with Crippen LogP contribution in [0.5, 0.6) is 0 Å². The number of rotatable bonds is 5. The van der Waals surface area contributed by atoms with Gasteiger partial charge in [-0.1, -0.05) is 12.1 Å². The lowest BCUT2D eigenvalue weighted by Crippen LogP contribution is -2.38. The number of nitrogens with zero attached hydrogens (tertiary/aromatic N) is 1. The molecule has 1 aliphatic rings. The first-order valence-corrected chi connectivity index (χ1v) is 8.78. The average molecular weight is 282 g/mol. The Morgan fingerprint density at radius 1 is 1.44 bits per heavy atom. The molecule has 0 aliphatic carbocycles. The molecule has 0 radical (unpaired) electrons. The summed E-state index contributed by atoms with van der Waals surface area (Å²) in [5.41, 5.74) is 7.33. The van der Waals surface area contributed by atoms with E-state index in [0.717, 1.165) is 0 Å². The molecular weight excluding hydrogens is 260 g/mol. The van der Waals surface area contributed by atoms with Crippen molar-refractivity contribution in [2.24, 2.45) is 5.73 Å². The Bertz CT molecular complexity index is 361. The Morgan fingerprint density at radius 3 is 2.67 bits per heavy atom. The smallest absolute Gasteiger partial charge is 0.0470 e. The fraction of sp³-hybridized carbons (Fsp3) is 0.571. The van der Waals surface area contributed by atoms with Gasteiger partial charge < -0.3 is 5.73 Å². The maximum atomic E-state index is 5.99. The summed E-state index contributed by atoms with van der Waals surface area (Å²) in [7, 11) is 2.22. The second-order valence-corrected chi connectivity index (χ2v) is 6.74. The molecule has 2 N–H and O–H groups in total. The zero-order chi connectivity index (χ0) is 13.0. The molecule has 1 saturated heterocycles. The van der Waals surface area contributed by atoms with Crippen molar-refractivity contribution in [3.05, 3.63) is 29.8 Å². The van der Waals surface area contributed by atoms with Crippen LogP contribution in [-0.4, -0.2) is 42.3 Å². The fourth-order valence-corrected chi connectivity index (χ4v) is 4.15. The highest BCUT2D eigenvalue weighted by Gasteiger charge is 2.26. The molecule has 1 aromatic carbocycles. The summed E-state index contributed by atoms with van der Waals surface area (Å²) in [5, 5.41) is 0. The summed E-state index contributed by atoms with van der Waals surface area (Å²) in [4.78, 5) is 3.78. The van der Waals surface area contributed by atoms with Gasteiger partial charge in [-0.05, 0) is 43.2 Å². The van der Waals surface area contributed by atoms with Crippen molar-refractivity contribution in [1.29, 1.82) is 0 Å². The van der Waals surface area contributed by atoms with Crippen molar-refractivity contribution in [3.63, 3.8) is 0 Å². The van der Waals surface area contributed by atoms with Crippen molar-refractivity contribution in [1.82, 2.24) is 4.90 Å². The zero-order valence-corrected chi connectivity index (χ0v) is 12.8. The molecule has 4 heteroatoms. The molecule has 100 valence electrons. The van der Waals surface area contributed by atoms with Gasteiger partial charge in [0.05, 0.1) is 0 Å². The molecule has 2 atom stereocenters. The maximum Gasteiger partial charge on any atom is 0.0470 e. The van der Waals surface area contributed by atoms with E-state index in [1.165, 1.54) is 28.4 Å².